The fraction of sp³-hybridized carbons (Fsp3) is 0.259. The van der Waals surface area contributed by atoms with Crippen LogP contribution < -0.4 is 21.1 Å². The zero-order chi connectivity index (χ0) is 26.8. The summed E-state index contributed by atoms with van der Waals surface area (Å²) in [4.78, 5) is 23.6. The SMILES string of the molecule is NC(=O)COc1ccc(CC(=O)N[C@H](Cc2cc(F)cc(F)c2)[C@H](O)CNCc2cccc(I)c2)cc1. The van der Waals surface area contributed by atoms with Gasteiger partial charge in [-0.3, -0.25) is 9.59 Å². The van der Waals surface area contributed by atoms with Crippen LogP contribution in [-0.4, -0.2) is 42.2 Å². The monoisotopic (exact) mass is 623 g/mol. The van der Waals surface area contributed by atoms with Crippen molar-refractivity contribution in [2.75, 3.05) is 13.2 Å². The van der Waals surface area contributed by atoms with Crippen molar-refractivity contribution in [2.45, 2.75) is 31.5 Å². The first-order valence-electron chi connectivity index (χ1n) is 11.6. The van der Waals surface area contributed by atoms with E-state index in [-0.39, 0.29) is 31.9 Å². The lowest BCUT2D eigenvalue weighted by atomic mass is 10.00. The van der Waals surface area contributed by atoms with E-state index >= 15 is 0 Å². The van der Waals surface area contributed by atoms with Crippen molar-refractivity contribution in [3.05, 3.63) is 98.6 Å². The molecule has 7 nitrogen and oxygen atoms in total. The highest BCUT2D eigenvalue weighted by Gasteiger charge is 2.22. The summed E-state index contributed by atoms with van der Waals surface area (Å²) >= 11 is 2.22. The minimum Gasteiger partial charge on any atom is -0.484 e. The first-order valence-corrected chi connectivity index (χ1v) is 12.6. The number of nitrogens with two attached hydrogens (primary N) is 1. The molecular weight excluding hydrogens is 595 g/mol. The van der Waals surface area contributed by atoms with E-state index < -0.39 is 29.7 Å². The molecule has 0 heterocycles. The standard InChI is InChI=1S/C27H28F2IN3O4/c28-20-8-19(9-21(29)13-20)11-24(25(34)15-32-14-18-2-1-3-22(30)10-18)33-27(36)12-17-4-6-23(7-5-17)37-16-26(31)35/h1-10,13,24-25,32,34H,11-12,14-16H2,(H2,31,35)(H,33,36)/t24-,25-/m1/s1. The third kappa shape index (κ3) is 10.1. The fourth-order valence-corrected chi connectivity index (χ4v) is 4.33. The summed E-state index contributed by atoms with van der Waals surface area (Å²) in [6, 6.07) is 16.8. The van der Waals surface area contributed by atoms with Crippen molar-refractivity contribution in [3.8, 4) is 5.75 Å². The summed E-state index contributed by atoms with van der Waals surface area (Å²) in [5.41, 5.74) is 7.09. The third-order valence-electron chi connectivity index (χ3n) is 5.43. The van der Waals surface area contributed by atoms with Crippen molar-refractivity contribution in [2.24, 2.45) is 5.73 Å². The molecule has 0 aliphatic carbocycles. The molecule has 0 unspecified atom stereocenters. The van der Waals surface area contributed by atoms with Crippen LogP contribution in [0.3, 0.4) is 0 Å². The van der Waals surface area contributed by atoms with Gasteiger partial charge < -0.3 is 26.2 Å². The molecule has 2 atom stereocenters. The molecule has 0 radical (unpaired) electrons. The Morgan fingerprint density at radius 2 is 1.68 bits per heavy atom. The highest BCUT2D eigenvalue weighted by molar-refractivity contribution is 14.1. The van der Waals surface area contributed by atoms with Gasteiger partial charge in [0.2, 0.25) is 5.91 Å². The van der Waals surface area contributed by atoms with Crippen molar-refractivity contribution in [1.82, 2.24) is 10.6 Å². The summed E-state index contributed by atoms with van der Waals surface area (Å²) in [5.74, 6) is -2.00. The molecular formula is C27H28F2IN3O4. The summed E-state index contributed by atoms with van der Waals surface area (Å²) in [6.45, 7) is 0.408. The number of hydrogen-bond donors (Lipinski definition) is 4. The molecule has 0 spiro atoms. The smallest absolute Gasteiger partial charge is 0.255 e. The second-order valence-electron chi connectivity index (χ2n) is 8.56. The number of halogens is 3. The van der Waals surface area contributed by atoms with Crippen LogP contribution >= 0.6 is 22.6 Å². The van der Waals surface area contributed by atoms with Crippen molar-refractivity contribution in [3.63, 3.8) is 0 Å². The van der Waals surface area contributed by atoms with Gasteiger partial charge in [-0.15, -0.1) is 0 Å². The zero-order valence-electron chi connectivity index (χ0n) is 19.9. The molecule has 0 saturated heterocycles. The Morgan fingerprint density at radius 3 is 2.32 bits per heavy atom. The fourth-order valence-electron chi connectivity index (χ4n) is 3.72. The largest absolute Gasteiger partial charge is 0.484 e. The van der Waals surface area contributed by atoms with Gasteiger partial charge in [0.25, 0.3) is 5.91 Å². The summed E-state index contributed by atoms with van der Waals surface area (Å²) in [6.07, 6.45) is -0.985. The highest BCUT2D eigenvalue weighted by Crippen LogP contribution is 2.15. The number of carbonyl (C=O) groups excluding carboxylic acids is 2. The molecule has 196 valence electrons. The van der Waals surface area contributed by atoms with Crippen molar-refractivity contribution < 1.29 is 28.2 Å². The van der Waals surface area contributed by atoms with E-state index in [0.29, 0.717) is 23.4 Å². The lowest BCUT2D eigenvalue weighted by Gasteiger charge is -2.25. The minimum atomic E-state index is -1.03. The van der Waals surface area contributed by atoms with E-state index in [1.807, 2.05) is 24.3 Å². The van der Waals surface area contributed by atoms with Crippen molar-refractivity contribution in [1.29, 1.82) is 0 Å². The van der Waals surface area contributed by atoms with Crippen LogP contribution in [0.2, 0.25) is 0 Å². The van der Waals surface area contributed by atoms with Crippen LogP contribution in [0.4, 0.5) is 8.78 Å². The molecule has 0 aliphatic heterocycles. The molecule has 0 aliphatic rings. The number of primary amides is 1. The summed E-state index contributed by atoms with van der Waals surface area (Å²) in [5, 5.41) is 16.8. The Labute approximate surface area is 227 Å². The van der Waals surface area contributed by atoms with Gasteiger partial charge in [-0.05, 0) is 82.1 Å². The molecule has 0 bridgehead atoms. The van der Waals surface area contributed by atoms with Gasteiger partial charge in [0, 0.05) is 22.7 Å². The quantitative estimate of drug-likeness (QED) is 0.219. The van der Waals surface area contributed by atoms with Crippen LogP contribution in [0.25, 0.3) is 0 Å². The number of aliphatic hydroxyl groups is 1. The lowest BCUT2D eigenvalue weighted by Crippen LogP contribution is -2.49. The third-order valence-corrected chi connectivity index (χ3v) is 6.10. The Morgan fingerprint density at radius 1 is 0.973 bits per heavy atom. The maximum atomic E-state index is 13.7. The number of nitrogens with one attached hydrogen (secondary N) is 2. The number of aliphatic hydroxyl groups excluding tert-OH is 1. The molecule has 0 aromatic heterocycles. The Bertz CT molecular complexity index is 1190. The van der Waals surface area contributed by atoms with Gasteiger partial charge in [0.1, 0.15) is 17.4 Å². The van der Waals surface area contributed by atoms with Gasteiger partial charge in [0.15, 0.2) is 6.61 Å². The van der Waals surface area contributed by atoms with Crippen LogP contribution in [-0.2, 0) is 29.0 Å². The van der Waals surface area contributed by atoms with Crippen LogP contribution in [0.15, 0.2) is 66.7 Å². The van der Waals surface area contributed by atoms with Crippen LogP contribution in [0, 0.1) is 15.2 Å². The normalized spacial score (nSPS) is 12.5. The lowest BCUT2D eigenvalue weighted by molar-refractivity contribution is -0.122. The van der Waals surface area contributed by atoms with E-state index in [4.69, 9.17) is 10.5 Å². The minimum absolute atomic E-state index is 0.00666. The summed E-state index contributed by atoms with van der Waals surface area (Å²) < 4.78 is 33.8. The molecule has 3 aromatic carbocycles. The Balaban J connectivity index is 1.63. The highest BCUT2D eigenvalue weighted by atomic mass is 127. The Kier molecular flexibility index (Phi) is 10.8. The van der Waals surface area contributed by atoms with Gasteiger partial charge in [-0.25, -0.2) is 8.78 Å². The van der Waals surface area contributed by atoms with Gasteiger partial charge in [-0.2, -0.15) is 0 Å². The molecule has 3 aromatic rings. The molecule has 5 N–H and O–H groups in total. The van der Waals surface area contributed by atoms with E-state index in [9.17, 15) is 23.5 Å². The maximum Gasteiger partial charge on any atom is 0.255 e. The Hall–Kier alpha value is -3.09. The predicted molar refractivity (Wildman–Crippen MR) is 144 cm³/mol. The number of rotatable bonds is 13. The molecule has 2 amide bonds. The number of benzene rings is 3. The van der Waals surface area contributed by atoms with Crippen molar-refractivity contribution >= 4 is 34.4 Å². The second-order valence-corrected chi connectivity index (χ2v) is 9.81. The average molecular weight is 623 g/mol. The van der Waals surface area contributed by atoms with E-state index in [0.717, 1.165) is 15.2 Å². The average Bonchev–Trinajstić information content (AvgIpc) is 2.82. The molecule has 0 saturated carbocycles. The number of amides is 2. The van der Waals surface area contributed by atoms with Gasteiger partial charge in [0.05, 0.1) is 18.6 Å². The molecule has 0 fully saturated rings. The number of hydrogen-bond acceptors (Lipinski definition) is 5. The summed E-state index contributed by atoms with van der Waals surface area (Å²) in [7, 11) is 0. The zero-order valence-corrected chi connectivity index (χ0v) is 22.1. The maximum absolute atomic E-state index is 13.7. The van der Waals surface area contributed by atoms with E-state index in [1.54, 1.807) is 24.3 Å². The van der Waals surface area contributed by atoms with Crippen LogP contribution in [0.1, 0.15) is 16.7 Å². The number of carbonyl (C=O) groups is 2. The first kappa shape index (κ1) is 28.5. The second kappa shape index (κ2) is 14.0. The predicted octanol–water partition coefficient (Wildman–Crippen LogP) is 2.85. The topological polar surface area (TPSA) is 114 Å². The number of ether oxygens (including phenoxy) is 1. The van der Waals surface area contributed by atoms with E-state index in [1.165, 1.54) is 12.1 Å². The van der Waals surface area contributed by atoms with Gasteiger partial charge >= 0.3 is 0 Å². The molecule has 37 heavy (non-hydrogen) atoms. The molecule has 3 rings (SSSR count). The van der Waals surface area contributed by atoms with E-state index in [2.05, 4.69) is 33.2 Å². The van der Waals surface area contributed by atoms with Crippen LogP contribution in [0.5, 0.6) is 5.75 Å². The first-order chi connectivity index (χ1) is 17.7. The van der Waals surface area contributed by atoms with Gasteiger partial charge in [-0.1, -0.05) is 24.3 Å². The molecule has 10 heteroatoms.